The summed E-state index contributed by atoms with van der Waals surface area (Å²) in [7, 11) is 9.75. The summed E-state index contributed by atoms with van der Waals surface area (Å²) in [5.41, 5.74) is 0. The Bertz CT molecular complexity index is 141. The second kappa shape index (κ2) is 14.6. The van der Waals surface area contributed by atoms with Crippen molar-refractivity contribution in [3.05, 3.63) is 10.6 Å². The van der Waals surface area contributed by atoms with Crippen LogP contribution in [-0.2, 0) is 16.5 Å². The summed E-state index contributed by atoms with van der Waals surface area (Å²) < 4.78 is 0. The minimum atomic E-state index is -0.472. The van der Waals surface area contributed by atoms with Gasteiger partial charge >= 0.3 is 35.3 Å². The molecule has 7 heteroatoms. The molecule has 17 heavy (non-hydrogen) atoms. The number of piperidine rings is 2. The van der Waals surface area contributed by atoms with Crippen molar-refractivity contribution in [3.8, 4) is 0 Å². The van der Waals surface area contributed by atoms with E-state index >= 15 is 0 Å². The predicted molar refractivity (Wildman–Crippen MR) is 81.8 cm³/mol. The maximum atomic E-state index is 4.88. The Balaban J connectivity index is 0.000000247. The van der Waals surface area contributed by atoms with Crippen molar-refractivity contribution in [1.29, 1.82) is 0 Å². The fraction of sp³-hybridized carbons (Fsp3) is 1.00. The van der Waals surface area contributed by atoms with Crippen molar-refractivity contribution in [1.82, 2.24) is 0 Å². The topological polar surface area (TPSA) is 28.2 Å². The minimum absolute atomic E-state index is 0.472. The molecule has 2 heterocycles. The Hall–Kier alpha value is 2.15. The molecule has 106 valence electrons. The molecule has 0 radical (unpaired) electrons. The van der Waals surface area contributed by atoms with Gasteiger partial charge in [-0.05, 0) is 22.5 Å². The van der Waals surface area contributed by atoms with Crippen LogP contribution in [0.4, 0.5) is 0 Å². The van der Waals surface area contributed by atoms with E-state index in [0.717, 1.165) is 26.2 Å². The summed E-state index contributed by atoms with van der Waals surface area (Å²) in [6, 6.07) is 0. The first-order valence-electron chi connectivity index (χ1n) is 5.57. The van der Waals surface area contributed by atoms with E-state index in [4.69, 9.17) is 18.8 Å². The van der Waals surface area contributed by atoms with E-state index in [1.54, 1.807) is 0 Å². The van der Waals surface area contributed by atoms with Crippen LogP contribution in [0.1, 0.15) is 25.7 Å². The summed E-state index contributed by atoms with van der Waals surface area (Å²) >= 11 is 6.52. The summed E-state index contributed by atoms with van der Waals surface area (Å²) in [5.74, 6) is 0. The third-order valence-electron chi connectivity index (χ3n) is 2.32. The first kappa shape index (κ1) is 19.1. The van der Waals surface area contributed by atoms with Crippen molar-refractivity contribution >= 4 is 50.7 Å². The van der Waals surface area contributed by atoms with Crippen molar-refractivity contribution in [2.75, 3.05) is 26.2 Å². The van der Waals surface area contributed by atoms with Gasteiger partial charge in [-0.3, -0.25) is 0 Å². The van der Waals surface area contributed by atoms with Gasteiger partial charge in [-0.15, -0.1) is 26.2 Å². The molecule has 2 rings (SSSR count). The monoisotopic (exact) mass is 589 g/mol. The average molecular weight is 592 g/mol. The van der Waals surface area contributed by atoms with Gasteiger partial charge in [0.25, 0.3) is 0 Å². The van der Waals surface area contributed by atoms with E-state index in [9.17, 15) is 0 Å². The predicted octanol–water partition coefficient (Wildman–Crippen LogP) is 5.21. The Morgan fingerprint density at radius 2 is 1.24 bits per heavy atom. The Labute approximate surface area is 138 Å². The second-order valence-electron chi connectivity index (χ2n) is 3.78. The zero-order valence-electron chi connectivity index (χ0n) is 9.53. The number of nitrogens with zero attached hydrogens (tertiary/aromatic N) is 2. The Morgan fingerprint density at radius 1 is 0.882 bits per heavy atom. The molecule has 0 aromatic rings. The molecule has 2 aliphatic heterocycles. The molecule has 0 bridgehead atoms. The zero-order chi connectivity index (χ0) is 12.9. The van der Waals surface area contributed by atoms with Crippen LogP contribution in [0.2, 0.25) is 0 Å². The molecule has 2 saturated heterocycles. The quantitative estimate of drug-likeness (QED) is 0.346. The molecule has 0 aromatic carbocycles. The summed E-state index contributed by atoms with van der Waals surface area (Å²) in [5, 5.41) is 8.42. The fourth-order valence-corrected chi connectivity index (χ4v) is 2.55. The van der Waals surface area contributed by atoms with E-state index in [2.05, 4.69) is 42.5 Å². The van der Waals surface area contributed by atoms with Crippen LogP contribution in [0.5, 0.6) is 0 Å². The fourth-order valence-electron chi connectivity index (χ4n) is 1.49. The summed E-state index contributed by atoms with van der Waals surface area (Å²) in [4.78, 5) is 1.36. The zero-order valence-corrected chi connectivity index (χ0v) is 16.5. The number of rotatable bonds is 0. The van der Waals surface area contributed by atoms with Gasteiger partial charge in [0, 0.05) is 0 Å². The van der Waals surface area contributed by atoms with E-state index in [1.165, 1.54) is 25.7 Å². The van der Waals surface area contributed by atoms with Crippen LogP contribution in [0.25, 0.3) is 10.6 Å². The molecule has 2 fully saturated rings. The third kappa shape index (κ3) is 14.4. The van der Waals surface area contributed by atoms with Crippen LogP contribution in [-0.4, -0.2) is 35.8 Å². The molecular formula is C10H18Br2Cl2N2Pt. The van der Waals surface area contributed by atoms with Gasteiger partial charge in [0.2, 0.25) is 0 Å². The molecule has 0 aromatic heterocycles. The molecular weight excluding hydrogens is 574 g/mol. The second-order valence-corrected chi connectivity index (χ2v) is 9.66. The Morgan fingerprint density at radius 3 is 1.35 bits per heavy atom. The molecule has 2 aliphatic rings. The summed E-state index contributed by atoms with van der Waals surface area (Å²) in [6.07, 6.45) is 5.17. The van der Waals surface area contributed by atoms with Gasteiger partial charge in [-0.2, -0.15) is 0 Å². The molecule has 2 unspecified atom stereocenters. The molecule has 0 aliphatic carbocycles. The standard InChI is InChI=1S/2C5H9BrN.2ClH.Pt/c2*6-5-2-1-3-7-4-5;;;/h2*5H,1-4H2;2*1H;/q2*-1;;;+4/p-2. The molecule has 0 saturated carbocycles. The first-order chi connectivity index (χ1) is 8.20. The van der Waals surface area contributed by atoms with Crippen LogP contribution in [0.15, 0.2) is 0 Å². The van der Waals surface area contributed by atoms with Crippen LogP contribution in [0, 0.1) is 0 Å². The SMILES string of the molecule is BrC1CCC[N-]C1.BrC1CCC[N-]C1.[Cl][Pt+2][Cl]. The van der Waals surface area contributed by atoms with Gasteiger partial charge in [0.05, 0.1) is 0 Å². The molecule has 0 amide bonds. The van der Waals surface area contributed by atoms with Crippen molar-refractivity contribution in [2.24, 2.45) is 0 Å². The van der Waals surface area contributed by atoms with Crippen LogP contribution < -0.4 is 0 Å². The van der Waals surface area contributed by atoms with Gasteiger partial charge in [-0.1, -0.05) is 44.7 Å². The molecule has 2 nitrogen and oxygen atoms in total. The van der Waals surface area contributed by atoms with E-state index in [1.807, 2.05) is 0 Å². The maximum absolute atomic E-state index is 4.88. The molecule has 0 N–H and O–H groups in total. The first-order valence-corrected chi connectivity index (χ1v) is 13.0. The van der Waals surface area contributed by atoms with Crippen molar-refractivity contribution in [2.45, 2.75) is 35.3 Å². The average Bonchev–Trinajstić information content (AvgIpc) is 2.33. The Kier molecular flexibility index (Phi) is 16.4. The van der Waals surface area contributed by atoms with E-state index in [0.29, 0.717) is 9.65 Å². The van der Waals surface area contributed by atoms with Gasteiger partial charge in [0.15, 0.2) is 0 Å². The number of hydrogen-bond donors (Lipinski definition) is 0. The number of alkyl halides is 2. The number of hydrogen-bond acceptors (Lipinski definition) is 0. The van der Waals surface area contributed by atoms with E-state index in [-0.39, 0.29) is 0 Å². The molecule has 2 atom stereocenters. The number of halogens is 4. The van der Waals surface area contributed by atoms with Crippen LogP contribution >= 0.6 is 50.7 Å². The van der Waals surface area contributed by atoms with Gasteiger partial charge in [-0.25, -0.2) is 0 Å². The van der Waals surface area contributed by atoms with Crippen LogP contribution in [0.3, 0.4) is 0 Å². The molecule has 0 spiro atoms. The normalized spacial score (nSPS) is 28.5. The van der Waals surface area contributed by atoms with Crippen molar-refractivity contribution < 1.29 is 16.5 Å². The van der Waals surface area contributed by atoms with Crippen molar-refractivity contribution in [3.63, 3.8) is 0 Å². The summed E-state index contributed by atoms with van der Waals surface area (Å²) in [6.45, 7) is 4.23. The van der Waals surface area contributed by atoms with Gasteiger partial charge in [0.1, 0.15) is 0 Å². The van der Waals surface area contributed by atoms with E-state index < -0.39 is 16.5 Å². The van der Waals surface area contributed by atoms with Gasteiger partial charge < -0.3 is 10.6 Å². The third-order valence-corrected chi connectivity index (χ3v) is 3.82.